The summed E-state index contributed by atoms with van der Waals surface area (Å²) < 4.78 is 47.2. The standard InChI is InChI=1S/C10H20BF3NO2.K/c1-9(11(12,13)14)7-15(5-6-16-3)10(2)8-17-4;/h10H,1,5-8H2,2-4H3;/q-1;+1. The van der Waals surface area contributed by atoms with E-state index in [1.807, 2.05) is 6.92 Å². The van der Waals surface area contributed by atoms with E-state index in [-0.39, 0.29) is 64.0 Å². The van der Waals surface area contributed by atoms with Crippen molar-refractivity contribution >= 4 is 6.98 Å². The summed E-state index contributed by atoms with van der Waals surface area (Å²) in [5.41, 5.74) is -0.691. The molecule has 1 atom stereocenters. The van der Waals surface area contributed by atoms with Crippen LogP contribution >= 0.6 is 0 Å². The van der Waals surface area contributed by atoms with E-state index in [9.17, 15) is 12.9 Å². The van der Waals surface area contributed by atoms with Gasteiger partial charge in [-0.25, -0.2) is 0 Å². The van der Waals surface area contributed by atoms with E-state index in [4.69, 9.17) is 9.47 Å². The second-order valence-corrected chi connectivity index (χ2v) is 4.00. The fourth-order valence-corrected chi connectivity index (χ4v) is 1.37. The van der Waals surface area contributed by atoms with Gasteiger partial charge in [0, 0.05) is 26.8 Å². The Morgan fingerprint density at radius 1 is 1.28 bits per heavy atom. The van der Waals surface area contributed by atoms with Gasteiger partial charge < -0.3 is 22.4 Å². The van der Waals surface area contributed by atoms with Gasteiger partial charge in [0.2, 0.25) is 0 Å². The Balaban J connectivity index is 0. The van der Waals surface area contributed by atoms with E-state index >= 15 is 0 Å². The first-order valence-electron chi connectivity index (χ1n) is 5.42. The minimum Gasteiger partial charge on any atom is -0.445 e. The summed E-state index contributed by atoms with van der Waals surface area (Å²) in [5, 5.41) is 0. The fraction of sp³-hybridized carbons (Fsp3) is 0.800. The van der Waals surface area contributed by atoms with Gasteiger partial charge in [0.1, 0.15) is 0 Å². The van der Waals surface area contributed by atoms with Crippen LogP contribution in [0.2, 0.25) is 0 Å². The van der Waals surface area contributed by atoms with Crippen molar-refractivity contribution in [2.24, 2.45) is 0 Å². The van der Waals surface area contributed by atoms with Crippen molar-refractivity contribution in [3.8, 4) is 0 Å². The molecule has 0 aromatic carbocycles. The van der Waals surface area contributed by atoms with Gasteiger partial charge in [0.05, 0.1) is 13.2 Å². The first-order valence-corrected chi connectivity index (χ1v) is 5.42. The maximum atomic E-state index is 12.5. The van der Waals surface area contributed by atoms with E-state index in [0.29, 0.717) is 19.8 Å². The van der Waals surface area contributed by atoms with Crippen LogP contribution in [0.15, 0.2) is 12.1 Å². The second kappa shape index (κ2) is 10.8. The number of methoxy groups -OCH3 is 2. The van der Waals surface area contributed by atoms with E-state index in [2.05, 4.69) is 6.58 Å². The van der Waals surface area contributed by atoms with Gasteiger partial charge in [0.25, 0.3) is 0 Å². The third-order valence-electron chi connectivity index (χ3n) is 2.48. The molecule has 0 spiro atoms. The van der Waals surface area contributed by atoms with E-state index in [1.165, 1.54) is 14.2 Å². The molecule has 0 rings (SSSR count). The Hall–Kier alpha value is 1.11. The predicted octanol–water partition coefficient (Wildman–Crippen LogP) is -1.08. The van der Waals surface area contributed by atoms with Crippen LogP contribution in [-0.4, -0.2) is 58.4 Å². The summed E-state index contributed by atoms with van der Waals surface area (Å²) in [6.07, 6.45) is 0. The Kier molecular flexibility index (Phi) is 12.9. The molecular formula is C10H20BF3KNO2. The summed E-state index contributed by atoms with van der Waals surface area (Å²) in [5.74, 6) is 0. The average Bonchev–Trinajstić information content (AvgIpc) is 2.22. The molecule has 0 saturated carbocycles. The van der Waals surface area contributed by atoms with Crippen molar-refractivity contribution in [3.63, 3.8) is 0 Å². The molecule has 0 aromatic heterocycles. The van der Waals surface area contributed by atoms with Gasteiger partial charge in [-0.1, -0.05) is 0 Å². The van der Waals surface area contributed by atoms with Crippen LogP contribution in [0.4, 0.5) is 12.9 Å². The van der Waals surface area contributed by atoms with Crippen LogP contribution in [0, 0.1) is 0 Å². The molecule has 0 N–H and O–H groups in total. The predicted molar refractivity (Wildman–Crippen MR) is 63.0 cm³/mol. The zero-order valence-electron chi connectivity index (χ0n) is 11.6. The van der Waals surface area contributed by atoms with Gasteiger partial charge in [0.15, 0.2) is 0 Å². The van der Waals surface area contributed by atoms with Gasteiger partial charge in [-0.05, 0) is 13.5 Å². The van der Waals surface area contributed by atoms with Crippen LogP contribution in [0.5, 0.6) is 0 Å². The van der Waals surface area contributed by atoms with Crippen molar-refractivity contribution < 1.29 is 73.8 Å². The minimum absolute atomic E-state index is 0. The number of rotatable bonds is 9. The molecule has 18 heavy (non-hydrogen) atoms. The summed E-state index contributed by atoms with van der Waals surface area (Å²) in [7, 11) is 3.04. The third-order valence-corrected chi connectivity index (χ3v) is 2.48. The maximum Gasteiger partial charge on any atom is 1.00 e. The Labute approximate surface area is 150 Å². The first-order chi connectivity index (χ1) is 7.82. The second-order valence-electron chi connectivity index (χ2n) is 4.00. The zero-order valence-corrected chi connectivity index (χ0v) is 14.7. The monoisotopic (exact) mass is 293 g/mol. The molecule has 0 aromatic rings. The van der Waals surface area contributed by atoms with Crippen molar-refractivity contribution in [1.82, 2.24) is 4.90 Å². The normalized spacial score (nSPS) is 13.3. The van der Waals surface area contributed by atoms with E-state index < -0.39 is 12.4 Å². The molecule has 102 valence electrons. The van der Waals surface area contributed by atoms with Gasteiger partial charge in [-0.3, -0.25) is 4.90 Å². The van der Waals surface area contributed by atoms with Crippen molar-refractivity contribution in [1.29, 1.82) is 0 Å². The van der Waals surface area contributed by atoms with E-state index in [0.717, 1.165) is 0 Å². The van der Waals surface area contributed by atoms with Gasteiger partial charge in [-0.15, -0.1) is 12.1 Å². The Morgan fingerprint density at radius 3 is 2.22 bits per heavy atom. The average molecular weight is 293 g/mol. The Bertz CT molecular complexity index is 242. The van der Waals surface area contributed by atoms with Crippen LogP contribution in [0.1, 0.15) is 6.92 Å². The molecule has 3 nitrogen and oxygen atoms in total. The topological polar surface area (TPSA) is 21.7 Å². The molecule has 0 saturated heterocycles. The summed E-state index contributed by atoms with van der Waals surface area (Å²) in [6.45, 7) is 0.916. The molecule has 0 heterocycles. The molecule has 0 aliphatic carbocycles. The zero-order chi connectivity index (χ0) is 13.5. The molecule has 0 aliphatic rings. The quantitative estimate of drug-likeness (QED) is 0.505. The van der Waals surface area contributed by atoms with Crippen LogP contribution < -0.4 is 51.4 Å². The molecule has 0 amide bonds. The van der Waals surface area contributed by atoms with Crippen LogP contribution in [0.3, 0.4) is 0 Å². The third kappa shape index (κ3) is 9.08. The number of ether oxygens (including phenoxy) is 2. The maximum absolute atomic E-state index is 12.5. The molecule has 0 fully saturated rings. The molecular weight excluding hydrogens is 273 g/mol. The smallest absolute Gasteiger partial charge is 0.445 e. The van der Waals surface area contributed by atoms with Crippen LogP contribution in [-0.2, 0) is 9.47 Å². The summed E-state index contributed by atoms with van der Waals surface area (Å²) >= 11 is 0. The number of hydrogen-bond acceptors (Lipinski definition) is 3. The minimum atomic E-state index is -4.98. The molecule has 1 unspecified atom stereocenters. The SMILES string of the molecule is C=C(CN(CCOC)C(C)COC)[B-](F)(F)F.[K+]. The van der Waals surface area contributed by atoms with Crippen molar-refractivity contribution in [2.45, 2.75) is 13.0 Å². The fourth-order valence-electron chi connectivity index (χ4n) is 1.37. The number of nitrogens with zero attached hydrogens (tertiary/aromatic N) is 1. The first kappa shape index (κ1) is 21.4. The summed E-state index contributed by atoms with van der Waals surface area (Å²) in [6, 6.07) is -0.106. The van der Waals surface area contributed by atoms with Gasteiger partial charge in [-0.2, -0.15) is 0 Å². The number of halogens is 3. The largest absolute Gasteiger partial charge is 1.00 e. The van der Waals surface area contributed by atoms with Crippen LogP contribution in [0.25, 0.3) is 0 Å². The molecule has 0 bridgehead atoms. The Morgan fingerprint density at radius 2 is 1.83 bits per heavy atom. The molecule has 8 heteroatoms. The van der Waals surface area contributed by atoms with Crippen molar-refractivity contribution in [3.05, 3.63) is 12.1 Å². The van der Waals surface area contributed by atoms with Gasteiger partial charge >= 0.3 is 58.4 Å². The van der Waals surface area contributed by atoms with E-state index in [1.54, 1.807) is 4.90 Å². The van der Waals surface area contributed by atoms with Crippen molar-refractivity contribution in [2.75, 3.05) is 40.5 Å². The summed E-state index contributed by atoms with van der Waals surface area (Å²) in [4.78, 5) is 1.66. The molecule has 0 radical (unpaired) electrons. The number of hydrogen-bond donors (Lipinski definition) is 0. The molecule has 0 aliphatic heterocycles.